The molecule has 0 aliphatic carbocycles. The number of ether oxygens (including phenoxy) is 1. The average molecular weight is 300 g/mol. The number of urea groups is 1. The topological polar surface area (TPSA) is 56.8 Å². The minimum Gasteiger partial charge on any atom is -0.383 e. The van der Waals surface area contributed by atoms with Crippen LogP contribution in [0.1, 0.15) is 20.8 Å². The smallest absolute Gasteiger partial charge is 0.315 e. The van der Waals surface area contributed by atoms with Crippen molar-refractivity contribution >= 4 is 6.03 Å². The van der Waals surface area contributed by atoms with Crippen molar-refractivity contribution in [3.05, 3.63) is 0 Å². The van der Waals surface area contributed by atoms with Gasteiger partial charge in [0, 0.05) is 46.4 Å². The zero-order chi connectivity index (χ0) is 15.7. The Bertz CT molecular complexity index is 293. The molecule has 0 aromatic carbocycles. The molecule has 0 bridgehead atoms. The lowest BCUT2D eigenvalue weighted by molar-refractivity contribution is 0.124. The van der Waals surface area contributed by atoms with Gasteiger partial charge in [0.2, 0.25) is 0 Å². The van der Waals surface area contributed by atoms with Crippen LogP contribution in [0.15, 0.2) is 0 Å². The second-order valence-corrected chi connectivity index (χ2v) is 6.05. The molecule has 0 aromatic heterocycles. The first kappa shape index (κ1) is 18.2. The van der Waals surface area contributed by atoms with Crippen LogP contribution in [0.3, 0.4) is 0 Å². The molecule has 2 amide bonds. The highest BCUT2D eigenvalue weighted by Crippen LogP contribution is 2.04. The van der Waals surface area contributed by atoms with Gasteiger partial charge in [0.05, 0.1) is 12.6 Å². The van der Waals surface area contributed by atoms with Gasteiger partial charge in [-0.3, -0.25) is 0 Å². The van der Waals surface area contributed by atoms with Crippen molar-refractivity contribution in [1.82, 2.24) is 20.4 Å². The second-order valence-electron chi connectivity index (χ2n) is 6.05. The third kappa shape index (κ3) is 7.64. The second kappa shape index (κ2) is 9.97. The third-order valence-corrected chi connectivity index (χ3v) is 3.89. The SMILES string of the molecule is CCN1CCN(CC(C)CNC(=O)NC(C)COC)CC1. The monoisotopic (exact) mass is 300 g/mol. The van der Waals surface area contributed by atoms with Gasteiger partial charge >= 0.3 is 6.03 Å². The number of amides is 2. The Balaban J connectivity index is 2.13. The van der Waals surface area contributed by atoms with E-state index in [1.807, 2.05) is 6.92 Å². The highest BCUT2D eigenvalue weighted by molar-refractivity contribution is 5.74. The summed E-state index contributed by atoms with van der Waals surface area (Å²) in [4.78, 5) is 16.7. The first-order valence-corrected chi connectivity index (χ1v) is 8.03. The Labute approximate surface area is 129 Å². The van der Waals surface area contributed by atoms with Crippen molar-refractivity contribution < 1.29 is 9.53 Å². The Kier molecular flexibility index (Phi) is 8.64. The summed E-state index contributed by atoms with van der Waals surface area (Å²) >= 11 is 0. The molecule has 2 atom stereocenters. The summed E-state index contributed by atoms with van der Waals surface area (Å²) in [6.07, 6.45) is 0. The lowest BCUT2D eigenvalue weighted by Crippen LogP contribution is -2.49. The van der Waals surface area contributed by atoms with Gasteiger partial charge in [-0.15, -0.1) is 0 Å². The summed E-state index contributed by atoms with van der Waals surface area (Å²) in [6, 6.07) is -0.0744. The molecule has 1 rings (SSSR count). The minimum atomic E-state index is -0.109. The number of nitrogens with one attached hydrogen (secondary N) is 2. The van der Waals surface area contributed by atoms with E-state index in [1.54, 1.807) is 7.11 Å². The van der Waals surface area contributed by atoms with Crippen LogP contribution in [0.5, 0.6) is 0 Å². The number of nitrogens with zero attached hydrogens (tertiary/aromatic N) is 2. The molecule has 1 fully saturated rings. The van der Waals surface area contributed by atoms with Crippen molar-refractivity contribution in [3.8, 4) is 0 Å². The van der Waals surface area contributed by atoms with Crippen LogP contribution in [0.4, 0.5) is 4.79 Å². The van der Waals surface area contributed by atoms with Gasteiger partial charge in [0.1, 0.15) is 0 Å². The van der Waals surface area contributed by atoms with Crippen molar-refractivity contribution in [2.24, 2.45) is 5.92 Å². The lowest BCUT2D eigenvalue weighted by atomic mass is 10.1. The summed E-state index contributed by atoms with van der Waals surface area (Å²) in [5.41, 5.74) is 0. The van der Waals surface area contributed by atoms with Crippen molar-refractivity contribution in [1.29, 1.82) is 0 Å². The fraction of sp³-hybridized carbons (Fsp3) is 0.933. The van der Waals surface area contributed by atoms with Crippen LogP contribution in [0.2, 0.25) is 0 Å². The number of carbonyl (C=O) groups is 1. The van der Waals surface area contributed by atoms with Gasteiger partial charge in [-0.05, 0) is 19.4 Å². The Morgan fingerprint density at radius 1 is 1.19 bits per heavy atom. The van der Waals surface area contributed by atoms with E-state index in [4.69, 9.17) is 4.74 Å². The number of piperazine rings is 1. The molecule has 0 spiro atoms. The fourth-order valence-corrected chi connectivity index (χ4v) is 2.63. The molecule has 2 unspecified atom stereocenters. The largest absolute Gasteiger partial charge is 0.383 e. The van der Waals surface area contributed by atoms with E-state index >= 15 is 0 Å². The van der Waals surface area contributed by atoms with E-state index < -0.39 is 0 Å². The molecule has 21 heavy (non-hydrogen) atoms. The van der Waals surface area contributed by atoms with Crippen LogP contribution < -0.4 is 10.6 Å². The van der Waals surface area contributed by atoms with E-state index in [-0.39, 0.29) is 12.1 Å². The van der Waals surface area contributed by atoms with Crippen molar-refractivity contribution in [3.63, 3.8) is 0 Å². The van der Waals surface area contributed by atoms with E-state index in [0.29, 0.717) is 19.1 Å². The number of carbonyl (C=O) groups excluding carboxylic acids is 1. The predicted octanol–water partition coefficient (Wildman–Crippen LogP) is 0.594. The highest BCUT2D eigenvalue weighted by atomic mass is 16.5. The molecule has 6 nitrogen and oxygen atoms in total. The van der Waals surface area contributed by atoms with E-state index in [1.165, 1.54) is 0 Å². The van der Waals surface area contributed by atoms with Gasteiger partial charge in [-0.1, -0.05) is 13.8 Å². The maximum absolute atomic E-state index is 11.7. The van der Waals surface area contributed by atoms with Gasteiger partial charge in [-0.25, -0.2) is 4.79 Å². The molecule has 0 saturated carbocycles. The van der Waals surface area contributed by atoms with Crippen LogP contribution >= 0.6 is 0 Å². The zero-order valence-corrected chi connectivity index (χ0v) is 14.0. The summed E-state index contributed by atoms with van der Waals surface area (Å²) in [7, 11) is 1.64. The molecule has 0 radical (unpaired) electrons. The van der Waals surface area contributed by atoms with E-state index in [9.17, 15) is 4.79 Å². The minimum absolute atomic E-state index is 0.0347. The Morgan fingerprint density at radius 3 is 2.38 bits per heavy atom. The Hall–Kier alpha value is -0.850. The molecule has 1 aliphatic heterocycles. The molecular weight excluding hydrogens is 268 g/mol. The number of methoxy groups -OCH3 is 1. The van der Waals surface area contributed by atoms with Gasteiger partial charge in [-0.2, -0.15) is 0 Å². The third-order valence-electron chi connectivity index (χ3n) is 3.89. The molecule has 1 heterocycles. The zero-order valence-electron chi connectivity index (χ0n) is 14.0. The number of hydrogen-bond donors (Lipinski definition) is 2. The van der Waals surface area contributed by atoms with Crippen molar-refractivity contribution in [2.45, 2.75) is 26.8 Å². The molecule has 124 valence electrons. The molecule has 0 aromatic rings. The average Bonchev–Trinajstić information content (AvgIpc) is 2.46. The lowest BCUT2D eigenvalue weighted by Gasteiger charge is -2.35. The molecule has 2 N–H and O–H groups in total. The molecule has 1 saturated heterocycles. The number of rotatable bonds is 8. The van der Waals surface area contributed by atoms with E-state index in [0.717, 1.165) is 39.3 Å². The first-order chi connectivity index (χ1) is 10.0. The van der Waals surface area contributed by atoms with Crippen LogP contribution in [-0.4, -0.2) is 81.4 Å². The fourth-order valence-electron chi connectivity index (χ4n) is 2.63. The van der Waals surface area contributed by atoms with Gasteiger partial charge in [0.25, 0.3) is 0 Å². The Morgan fingerprint density at radius 2 is 1.81 bits per heavy atom. The molecule has 1 aliphatic rings. The summed E-state index contributed by atoms with van der Waals surface area (Å²) < 4.78 is 5.00. The highest BCUT2D eigenvalue weighted by Gasteiger charge is 2.17. The maximum Gasteiger partial charge on any atom is 0.315 e. The first-order valence-electron chi connectivity index (χ1n) is 8.03. The summed E-state index contributed by atoms with van der Waals surface area (Å²) in [5.74, 6) is 0.460. The van der Waals surface area contributed by atoms with Crippen LogP contribution in [0, 0.1) is 5.92 Å². The van der Waals surface area contributed by atoms with Crippen LogP contribution in [-0.2, 0) is 4.74 Å². The van der Waals surface area contributed by atoms with Crippen LogP contribution in [0.25, 0.3) is 0 Å². The van der Waals surface area contributed by atoms with Crippen molar-refractivity contribution in [2.75, 3.05) is 59.5 Å². The normalized spacial score (nSPS) is 20.0. The molecule has 6 heteroatoms. The quantitative estimate of drug-likeness (QED) is 0.689. The standard InChI is InChI=1S/C15H32N4O2/c1-5-18-6-8-19(9-7-18)11-13(2)10-16-15(20)17-14(3)12-21-4/h13-14H,5-12H2,1-4H3,(H2,16,17,20). The molecular formula is C15H32N4O2. The summed E-state index contributed by atoms with van der Waals surface area (Å²) in [6.45, 7) is 14.3. The van der Waals surface area contributed by atoms with Gasteiger partial charge < -0.3 is 25.2 Å². The predicted molar refractivity (Wildman–Crippen MR) is 85.6 cm³/mol. The maximum atomic E-state index is 11.7. The number of likely N-dealkylation sites (N-methyl/N-ethyl adjacent to an activating group) is 1. The number of hydrogen-bond acceptors (Lipinski definition) is 4. The summed E-state index contributed by atoms with van der Waals surface area (Å²) in [5, 5.41) is 5.80. The van der Waals surface area contributed by atoms with Gasteiger partial charge in [0.15, 0.2) is 0 Å². The van der Waals surface area contributed by atoms with E-state index in [2.05, 4.69) is 34.3 Å².